The standard InChI is InChI=1S/C48H31NS/c1-2-14-32(15-3-1)35-16-10-12-24-46(35)49(34-27-29-44-43-23-11-13-25-47(43)50-48(44)31-34)33-26-28-42-40-21-7-6-19-38(40)36-17-4-5-18-37(36)39-20-8-9-22-41(39)45(42)30-33/h1-31H. The van der Waals surface area contributed by atoms with Crippen molar-refractivity contribution >= 4 is 48.6 Å². The zero-order valence-electron chi connectivity index (χ0n) is 27.3. The largest absolute Gasteiger partial charge is 0.310 e. The quantitative estimate of drug-likeness (QED) is 0.183. The summed E-state index contributed by atoms with van der Waals surface area (Å²) in [6.07, 6.45) is 0. The van der Waals surface area contributed by atoms with Crippen molar-refractivity contribution < 1.29 is 0 Å². The molecule has 0 atom stereocenters. The van der Waals surface area contributed by atoms with Crippen LogP contribution in [0.25, 0.3) is 75.8 Å². The molecule has 8 aromatic carbocycles. The highest BCUT2D eigenvalue weighted by atomic mass is 32.1. The van der Waals surface area contributed by atoms with Crippen LogP contribution in [0, 0.1) is 0 Å². The third kappa shape index (κ3) is 4.61. The number of fused-ring (bicyclic) bond motifs is 11. The first-order valence-electron chi connectivity index (χ1n) is 17.1. The molecule has 1 heterocycles. The van der Waals surface area contributed by atoms with Gasteiger partial charge in [0.05, 0.1) is 5.69 Å². The molecule has 0 spiro atoms. The van der Waals surface area contributed by atoms with E-state index in [9.17, 15) is 0 Å². The molecule has 2 heteroatoms. The molecule has 1 aromatic heterocycles. The Hall–Kier alpha value is -6.22. The summed E-state index contributed by atoms with van der Waals surface area (Å²) in [6.45, 7) is 0. The molecule has 0 N–H and O–H groups in total. The minimum Gasteiger partial charge on any atom is -0.310 e. The third-order valence-electron chi connectivity index (χ3n) is 10.1. The van der Waals surface area contributed by atoms with Gasteiger partial charge in [-0.15, -0.1) is 11.3 Å². The second-order valence-corrected chi connectivity index (χ2v) is 13.9. The molecule has 10 rings (SSSR count). The Bertz CT molecular complexity index is 2710. The van der Waals surface area contributed by atoms with E-state index in [2.05, 4.69) is 193 Å². The second-order valence-electron chi connectivity index (χ2n) is 12.9. The first kappa shape index (κ1) is 28.8. The van der Waals surface area contributed by atoms with Crippen LogP contribution in [0.1, 0.15) is 0 Å². The van der Waals surface area contributed by atoms with Gasteiger partial charge < -0.3 is 4.90 Å². The normalized spacial score (nSPS) is 11.6. The Labute approximate surface area is 296 Å². The van der Waals surface area contributed by atoms with E-state index in [-0.39, 0.29) is 0 Å². The van der Waals surface area contributed by atoms with Gasteiger partial charge in [-0.05, 0) is 86.5 Å². The first-order chi connectivity index (χ1) is 24.8. The molecule has 0 bridgehead atoms. The van der Waals surface area contributed by atoms with Crippen LogP contribution in [-0.4, -0.2) is 0 Å². The number of para-hydroxylation sites is 1. The molecule has 0 amide bonds. The second kappa shape index (κ2) is 11.7. The van der Waals surface area contributed by atoms with Gasteiger partial charge in [0.2, 0.25) is 0 Å². The molecule has 1 aliphatic carbocycles. The molecule has 0 unspecified atom stereocenters. The molecule has 9 aromatic rings. The number of anilines is 3. The Balaban J connectivity index is 1.26. The van der Waals surface area contributed by atoms with Crippen molar-refractivity contribution in [1.29, 1.82) is 0 Å². The first-order valence-corrected chi connectivity index (χ1v) is 17.9. The molecule has 0 aliphatic heterocycles. The smallest absolute Gasteiger partial charge is 0.0540 e. The molecular formula is C48H31NS. The third-order valence-corrected chi connectivity index (χ3v) is 11.2. The summed E-state index contributed by atoms with van der Waals surface area (Å²) < 4.78 is 2.60. The molecular weight excluding hydrogens is 623 g/mol. The highest BCUT2D eigenvalue weighted by Crippen LogP contribution is 2.50. The van der Waals surface area contributed by atoms with Crippen molar-refractivity contribution in [3.63, 3.8) is 0 Å². The number of benzene rings is 8. The predicted octanol–water partition coefficient (Wildman–Crippen LogP) is 14.2. The summed E-state index contributed by atoms with van der Waals surface area (Å²) in [5, 5.41) is 2.61. The van der Waals surface area contributed by atoms with Gasteiger partial charge in [-0.3, -0.25) is 0 Å². The number of thiophene rings is 1. The number of hydrogen-bond donors (Lipinski definition) is 0. The summed E-state index contributed by atoms with van der Waals surface area (Å²) in [5.41, 5.74) is 15.8. The van der Waals surface area contributed by atoms with E-state index in [0.29, 0.717) is 0 Å². The van der Waals surface area contributed by atoms with Crippen molar-refractivity contribution in [3.8, 4) is 55.6 Å². The lowest BCUT2D eigenvalue weighted by Crippen LogP contribution is -2.11. The SMILES string of the molecule is c1ccc(-c2ccccc2N(c2ccc3c(c2)-c2ccccc2-c2ccccc2-c2ccccc2-3)c2ccc3c(c2)sc2ccccc23)cc1. The summed E-state index contributed by atoms with van der Waals surface area (Å²) in [5.74, 6) is 0. The fraction of sp³-hybridized carbons (Fsp3) is 0. The Morgan fingerprint density at radius 1 is 0.300 bits per heavy atom. The maximum absolute atomic E-state index is 2.45. The molecule has 0 fully saturated rings. The summed E-state index contributed by atoms with van der Waals surface area (Å²) in [7, 11) is 0. The van der Waals surface area contributed by atoms with Gasteiger partial charge in [0.15, 0.2) is 0 Å². The van der Waals surface area contributed by atoms with E-state index in [0.717, 1.165) is 17.1 Å². The van der Waals surface area contributed by atoms with Gasteiger partial charge >= 0.3 is 0 Å². The maximum Gasteiger partial charge on any atom is 0.0540 e. The predicted molar refractivity (Wildman–Crippen MR) is 215 cm³/mol. The van der Waals surface area contributed by atoms with E-state index in [1.165, 1.54) is 75.8 Å². The number of hydrogen-bond acceptors (Lipinski definition) is 2. The van der Waals surface area contributed by atoms with E-state index < -0.39 is 0 Å². The van der Waals surface area contributed by atoms with Crippen molar-refractivity contribution in [2.45, 2.75) is 0 Å². The van der Waals surface area contributed by atoms with Gasteiger partial charge in [0.1, 0.15) is 0 Å². The van der Waals surface area contributed by atoms with Gasteiger partial charge in [-0.2, -0.15) is 0 Å². The lowest BCUT2D eigenvalue weighted by molar-refractivity contribution is 1.29. The molecule has 0 saturated carbocycles. The minimum absolute atomic E-state index is 1.12. The summed E-state index contributed by atoms with van der Waals surface area (Å²) >= 11 is 1.86. The average Bonchev–Trinajstić information content (AvgIpc) is 3.56. The zero-order valence-corrected chi connectivity index (χ0v) is 28.1. The lowest BCUT2D eigenvalue weighted by Gasteiger charge is -2.30. The Morgan fingerprint density at radius 3 is 1.42 bits per heavy atom. The molecule has 0 radical (unpaired) electrons. The highest BCUT2D eigenvalue weighted by Gasteiger charge is 2.24. The monoisotopic (exact) mass is 653 g/mol. The van der Waals surface area contributed by atoms with Crippen LogP contribution in [0.4, 0.5) is 17.1 Å². The van der Waals surface area contributed by atoms with Crippen LogP contribution in [0.2, 0.25) is 0 Å². The van der Waals surface area contributed by atoms with Gasteiger partial charge in [-0.1, -0.05) is 152 Å². The Morgan fingerprint density at radius 2 is 0.760 bits per heavy atom. The van der Waals surface area contributed by atoms with Crippen molar-refractivity contribution in [1.82, 2.24) is 0 Å². The van der Waals surface area contributed by atoms with E-state index >= 15 is 0 Å². The van der Waals surface area contributed by atoms with Crippen LogP contribution >= 0.6 is 11.3 Å². The van der Waals surface area contributed by atoms with Gasteiger partial charge in [0, 0.05) is 37.1 Å². The van der Waals surface area contributed by atoms with Crippen LogP contribution < -0.4 is 4.90 Å². The molecule has 50 heavy (non-hydrogen) atoms. The summed E-state index contributed by atoms with van der Waals surface area (Å²) in [6, 6.07) is 68.9. The van der Waals surface area contributed by atoms with E-state index in [1.807, 2.05) is 11.3 Å². The number of rotatable bonds is 4. The fourth-order valence-electron chi connectivity index (χ4n) is 7.80. The van der Waals surface area contributed by atoms with E-state index in [4.69, 9.17) is 0 Å². The average molecular weight is 654 g/mol. The Kier molecular flexibility index (Phi) is 6.75. The van der Waals surface area contributed by atoms with Crippen molar-refractivity contribution in [2.75, 3.05) is 4.90 Å². The molecule has 234 valence electrons. The van der Waals surface area contributed by atoms with Crippen LogP contribution in [0.15, 0.2) is 188 Å². The van der Waals surface area contributed by atoms with E-state index in [1.54, 1.807) is 0 Å². The number of nitrogens with zero attached hydrogens (tertiary/aromatic N) is 1. The zero-order chi connectivity index (χ0) is 33.0. The van der Waals surface area contributed by atoms with Crippen LogP contribution in [0.3, 0.4) is 0 Å². The van der Waals surface area contributed by atoms with Crippen molar-refractivity contribution in [3.05, 3.63) is 188 Å². The highest BCUT2D eigenvalue weighted by molar-refractivity contribution is 7.25. The fourth-order valence-corrected chi connectivity index (χ4v) is 8.94. The topological polar surface area (TPSA) is 3.24 Å². The van der Waals surface area contributed by atoms with Gasteiger partial charge in [0.25, 0.3) is 0 Å². The van der Waals surface area contributed by atoms with Gasteiger partial charge in [-0.25, -0.2) is 0 Å². The summed E-state index contributed by atoms with van der Waals surface area (Å²) in [4.78, 5) is 2.45. The van der Waals surface area contributed by atoms with Crippen molar-refractivity contribution in [2.24, 2.45) is 0 Å². The molecule has 1 nitrogen and oxygen atoms in total. The minimum atomic E-state index is 1.12. The van der Waals surface area contributed by atoms with Crippen LogP contribution in [-0.2, 0) is 0 Å². The van der Waals surface area contributed by atoms with Crippen LogP contribution in [0.5, 0.6) is 0 Å². The lowest BCUT2D eigenvalue weighted by atomic mass is 9.81. The molecule has 1 aliphatic rings. The molecule has 0 saturated heterocycles. The maximum atomic E-state index is 2.45.